The van der Waals surface area contributed by atoms with Crippen LogP contribution in [-0.4, -0.2) is 59.4 Å². The molecule has 212 valence electrons. The van der Waals surface area contributed by atoms with Crippen LogP contribution < -0.4 is 15.9 Å². The van der Waals surface area contributed by atoms with Crippen LogP contribution in [0.1, 0.15) is 12.5 Å². The molecule has 0 aliphatic carbocycles. The Hall–Kier alpha value is -4.10. The normalized spacial score (nSPS) is 15.8. The maximum absolute atomic E-state index is 15.8. The Morgan fingerprint density at radius 3 is 2.44 bits per heavy atom. The van der Waals surface area contributed by atoms with Gasteiger partial charge in [-0.25, -0.2) is 13.6 Å². The van der Waals surface area contributed by atoms with Gasteiger partial charge in [-0.05, 0) is 63.1 Å². The van der Waals surface area contributed by atoms with E-state index in [9.17, 15) is 18.5 Å². The van der Waals surface area contributed by atoms with Crippen molar-refractivity contribution in [1.82, 2.24) is 14.5 Å². The van der Waals surface area contributed by atoms with Gasteiger partial charge in [0.25, 0.3) is 0 Å². The summed E-state index contributed by atoms with van der Waals surface area (Å²) in [5.74, 6) is -1.20. The fourth-order valence-corrected chi connectivity index (χ4v) is 6.75. The first-order valence-electron chi connectivity index (χ1n) is 13.3. The van der Waals surface area contributed by atoms with E-state index in [-0.39, 0.29) is 28.9 Å². The van der Waals surface area contributed by atoms with Crippen LogP contribution in [0.5, 0.6) is 0 Å². The van der Waals surface area contributed by atoms with Gasteiger partial charge >= 0.3 is 5.69 Å². The standard InChI is InChI=1S/C31H31F2N4O3P/c1-6-28(38)35-14-15-36(20(3)18-35)30-23-16-25(33)22(21-11-7-8-12-24(21)32)17-26(23)37(31(39)34-30)29-19(2)10-9-13-27(29)41(4,5)40/h6-13,16-17,20H,1,14-15,18H2,2-5H3/t20-/m0/s1. The fraction of sp³-hybridized carbons (Fsp3) is 0.258. The monoisotopic (exact) mass is 576 g/mol. The minimum absolute atomic E-state index is 0.0124. The van der Waals surface area contributed by atoms with Crippen LogP contribution in [0.4, 0.5) is 14.6 Å². The number of carbonyl (C=O) groups is 1. The molecule has 1 aromatic heterocycles. The number of nitrogens with zero attached hydrogens (tertiary/aromatic N) is 4. The molecular weight excluding hydrogens is 545 g/mol. The molecule has 4 aromatic rings. The highest BCUT2D eigenvalue weighted by Gasteiger charge is 2.30. The summed E-state index contributed by atoms with van der Waals surface area (Å²) >= 11 is 0. The Morgan fingerprint density at radius 2 is 1.78 bits per heavy atom. The Kier molecular flexibility index (Phi) is 7.43. The SMILES string of the molecule is C=CC(=O)N1CCN(c2nc(=O)n(-c3c(C)cccc3P(C)(C)=O)c3cc(-c4ccccc4F)c(F)cc23)[C@@H](C)C1. The summed E-state index contributed by atoms with van der Waals surface area (Å²) in [7, 11) is -2.88. The van der Waals surface area contributed by atoms with Gasteiger partial charge in [0.15, 0.2) is 0 Å². The maximum atomic E-state index is 15.8. The number of aryl methyl sites for hydroxylation is 1. The van der Waals surface area contributed by atoms with Crippen LogP contribution in [0.25, 0.3) is 27.7 Å². The van der Waals surface area contributed by atoms with E-state index in [0.29, 0.717) is 47.1 Å². The fourth-order valence-electron chi connectivity index (χ4n) is 5.52. The molecule has 41 heavy (non-hydrogen) atoms. The van der Waals surface area contributed by atoms with Gasteiger partial charge in [0.2, 0.25) is 5.91 Å². The van der Waals surface area contributed by atoms with Crippen LogP contribution in [0.2, 0.25) is 0 Å². The lowest BCUT2D eigenvalue weighted by atomic mass is 10.0. The summed E-state index contributed by atoms with van der Waals surface area (Å²) in [6, 6.07) is 13.7. The summed E-state index contributed by atoms with van der Waals surface area (Å²) in [6.45, 7) is 11.6. The maximum Gasteiger partial charge on any atom is 0.354 e. The largest absolute Gasteiger partial charge is 0.354 e. The highest BCUT2D eigenvalue weighted by Crippen LogP contribution is 2.40. The summed E-state index contributed by atoms with van der Waals surface area (Å²) in [5, 5.41) is 0.825. The number of fused-ring (bicyclic) bond motifs is 1. The van der Waals surface area contributed by atoms with Gasteiger partial charge in [-0.3, -0.25) is 9.36 Å². The number of halogens is 2. The Labute approximate surface area is 237 Å². The molecule has 1 fully saturated rings. The number of hydrogen-bond donors (Lipinski definition) is 0. The van der Waals surface area contributed by atoms with E-state index in [4.69, 9.17) is 0 Å². The Balaban J connectivity index is 1.84. The number of rotatable bonds is 5. The third-order valence-electron chi connectivity index (χ3n) is 7.53. The first-order chi connectivity index (χ1) is 19.4. The van der Waals surface area contributed by atoms with Crippen LogP contribution in [0.15, 0.2) is 72.0 Å². The molecule has 2 heterocycles. The number of benzene rings is 3. The first kappa shape index (κ1) is 28.4. The van der Waals surface area contributed by atoms with Crippen molar-refractivity contribution in [2.75, 3.05) is 37.9 Å². The van der Waals surface area contributed by atoms with E-state index in [1.54, 1.807) is 49.4 Å². The van der Waals surface area contributed by atoms with E-state index >= 15 is 4.39 Å². The van der Waals surface area contributed by atoms with E-state index in [0.717, 1.165) is 0 Å². The van der Waals surface area contributed by atoms with Gasteiger partial charge in [-0.1, -0.05) is 36.9 Å². The molecule has 0 saturated carbocycles. The van der Waals surface area contributed by atoms with Crippen LogP contribution in [0.3, 0.4) is 0 Å². The van der Waals surface area contributed by atoms with Gasteiger partial charge in [-0.15, -0.1) is 0 Å². The number of amides is 1. The number of para-hydroxylation sites is 1. The highest BCUT2D eigenvalue weighted by atomic mass is 31.2. The zero-order chi connectivity index (χ0) is 29.6. The number of carbonyl (C=O) groups excluding carboxylic acids is 1. The highest BCUT2D eigenvalue weighted by molar-refractivity contribution is 7.70. The Bertz CT molecular complexity index is 1810. The molecule has 0 bridgehead atoms. The van der Waals surface area contributed by atoms with Gasteiger partial charge in [0, 0.05) is 47.5 Å². The van der Waals surface area contributed by atoms with Crippen molar-refractivity contribution in [3.63, 3.8) is 0 Å². The lowest BCUT2D eigenvalue weighted by Crippen LogP contribution is -2.54. The second kappa shape index (κ2) is 10.7. The van der Waals surface area contributed by atoms with E-state index in [2.05, 4.69) is 11.6 Å². The number of anilines is 1. The molecule has 7 nitrogen and oxygen atoms in total. The first-order valence-corrected chi connectivity index (χ1v) is 15.9. The lowest BCUT2D eigenvalue weighted by molar-refractivity contribution is -0.126. The van der Waals surface area contributed by atoms with Crippen LogP contribution >= 0.6 is 7.14 Å². The van der Waals surface area contributed by atoms with Gasteiger partial charge in [-0.2, -0.15) is 4.98 Å². The molecular formula is C31H31F2N4O3P. The average Bonchev–Trinajstić information content (AvgIpc) is 2.92. The summed E-state index contributed by atoms with van der Waals surface area (Å²) in [5.41, 5.74) is 0.804. The molecule has 1 atom stereocenters. The molecule has 10 heteroatoms. The molecule has 5 rings (SSSR count). The Morgan fingerprint density at radius 1 is 1.05 bits per heavy atom. The average molecular weight is 577 g/mol. The number of aromatic nitrogens is 2. The van der Waals surface area contributed by atoms with E-state index in [1.807, 2.05) is 11.8 Å². The van der Waals surface area contributed by atoms with Crippen LogP contribution in [-0.2, 0) is 9.36 Å². The summed E-state index contributed by atoms with van der Waals surface area (Å²) < 4.78 is 45.4. The predicted octanol–water partition coefficient (Wildman–Crippen LogP) is 5.11. The smallest absolute Gasteiger partial charge is 0.350 e. The van der Waals surface area contributed by atoms with Crippen molar-refractivity contribution in [1.29, 1.82) is 0 Å². The lowest BCUT2D eigenvalue weighted by Gasteiger charge is -2.40. The van der Waals surface area contributed by atoms with Crippen molar-refractivity contribution in [2.45, 2.75) is 19.9 Å². The van der Waals surface area contributed by atoms with E-state index in [1.165, 1.54) is 41.0 Å². The molecule has 3 aromatic carbocycles. The molecule has 1 aliphatic heterocycles. The summed E-state index contributed by atoms with van der Waals surface area (Å²) in [6.07, 6.45) is 1.26. The van der Waals surface area contributed by atoms with Gasteiger partial charge in [0.1, 0.15) is 24.6 Å². The zero-order valence-electron chi connectivity index (χ0n) is 23.4. The van der Waals surface area contributed by atoms with E-state index < -0.39 is 24.5 Å². The third-order valence-corrected chi connectivity index (χ3v) is 9.05. The van der Waals surface area contributed by atoms with Crippen molar-refractivity contribution >= 4 is 35.1 Å². The molecule has 0 unspecified atom stereocenters. The molecule has 0 N–H and O–H groups in total. The topological polar surface area (TPSA) is 75.5 Å². The van der Waals surface area contributed by atoms with Crippen molar-refractivity contribution in [2.24, 2.45) is 0 Å². The van der Waals surface area contributed by atoms with Gasteiger partial charge < -0.3 is 14.4 Å². The number of hydrogen-bond acceptors (Lipinski definition) is 5. The molecule has 1 saturated heterocycles. The molecule has 0 spiro atoms. The molecule has 1 amide bonds. The molecule has 1 aliphatic rings. The van der Waals surface area contributed by atoms with Crippen molar-refractivity contribution in [3.05, 3.63) is 94.9 Å². The zero-order valence-corrected chi connectivity index (χ0v) is 24.3. The minimum atomic E-state index is -2.88. The quantitative estimate of drug-likeness (QED) is 0.244. The van der Waals surface area contributed by atoms with Crippen molar-refractivity contribution in [3.8, 4) is 16.8 Å². The van der Waals surface area contributed by atoms with Crippen LogP contribution in [0, 0.1) is 18.6 Å². The van der Waals surface area contributed by atoms with Crippen molar-refractivity contribution < 1.29 is 18.1 Å². The van der Waals surface area contributed by atoms with Gasteiger partial charge in [0.05, 0.1) is 11.2 Å². The number of piperazine rings is 1. The second-order valence-corrected chi connectivity index (χ2v) is 13.9. The molecule has 0 radical (unpaired) electrons. The second-order valence-electron chi connectivity index (χ2n) is 10.7. The minimum Gasteiger partial charge on any atom is -0.350 e. The third kappa shape index (κ3) is 5.10. The predicted molar refractivity (Wildman–Crippen MR) is 160 cm³/mol. The summed E-state index contributed by atoms with van der Waals surface area (Å²) in [4.78, 5) is 34.2.